The van der Waals surface area contributed by atoms with E-state index in [2.05, 4.69) is 39.9 Å². The van der Waals surface area contributed by atoms with Crippen LogP contribution in [-0.2, 0) is 0 Å². The Bertz CT molecular complexity index is 742. The highest BCUT2D eigenvalue weighted by Gasteiger charge is 2.08. The lowest BCUT2D eigenvalue weighted by molar-refractivity contribution is 0.415. The van der Waals surface area contributed by atoms with Gasteiger partial charge in [0.2, 0.25) is 0 Å². The molecule has 1 unspecified atom stereocenters. The highest BCUT2D eigenvalue weighted by atomic mass is 16.5. The highest BCUT2D eigenvalue weighted by Crippen LogP contribution is 2.23. The summed E-state index contributed by atoms with van der Waals surface area (Å²) in [6.45, 7) is 2.11. The summed E-state index contributed by atoms with van der Waals surface area (Å²) in [4.78, 5) is 0. The van der Waals surface area contributed by atoms with E-state index in [0.29, 0.717) is 0 Å². The van der Waals surface area contributed by atoms with Crippen molar-refractivity contribution in [1.82, 2.24) is 20.2 Å². The molecule has 0 aliphatic carbocycles. The van der Waals surface area contributed by atoms with Gasteiger partial charge in [-0.15, -0.1) is 5.10 Å². The molecule has 0 saturated carbocycles. The van der Waals surface area contributed by atoms with Crippen LogP contribution in [-0.4, -0.2) is 27.3 Å². The van der Waals surface area contributed by atoms with Crippen molar-refractivity contribution in [2.75, 3.05) is 12.4 Å². The maximum Gasteiger partial charge on any atom is 0.143 e. The Morgan fingerprint density at radius 1 is 1.14 bits per heavy atom. The zero-order chi connectivity index (χ0) is 15.4. The lowest BCUT2D eigenvalue weighted by Gasteiger charge is -2.17. The zero-order valence-corrected chi connectivity index (χ0v) is 12.5. The number of hydrogen-bond acceptors (Lipinski definition) is 5. The number of tetrazole rings is 1. The number of benzene rings is 2. The molecule has 0 aliphatic rings. The zero-order valence-electron chi connectivity index (χ0n) is 12.5. The van der Waals surface area contributed by atoms with E-state index in [0.717, 1.165) is 22.7 Å². The first-order valence-corrected chi connectivity index (χ1v) is 7.00. The fraction of sp³-hybridized carbons (Fsp3) is 0.188. The van der Waals surface area contributed by atoms with Gasteiger partial charge >= 0.3 is 0 Å². The molecular weight excluding hydrogens is 278 g/mol. The van der Waals surface area contributed by atoms with Crippen LogP contribution in [0.25, 0.3) is 5.69 Å². The molecule has 0 radical (unpaired) electrons. The molecule has 112 valence electrons. The normalized spacial score (nSPS) is 11.9. The molecule has 22 heavy (non-hydrogen) atoms. The standard InChI is InChI=1S/C16H17N5O/c1-12(18-14-6-4-8-16(10-14)22-2)13-5-3-7-15(9-13)21-11-17-19-20-21/h3-12,18H,1-2H3. The van der Waals surface area contributed by atoms with Crippen molar-refractivity contribution in [2.45, 2.75) is 13.0 Å². The van der Waals surface area contributed by atoms with Gasteiger partial charge in [0.15, 0.2) is 0 Å². The van der Waals surface area contributed by atoms with Gasteiger partial charge in [0.05, 0.1) is 12.8 Å². The Kier molecular flexibility index (Phi) is 4.00. The van der Waals surface area contributed by atoms with Crippen LogP contribution < -0.4 is 10.1 Å². The van der Waals surface area contributed by atoms with Gasteiger partial charge in [0.1, 0.15) is 12.1 Å². The minimum atomic E-state index is 0.142. The SMILES string of the molecule is COc1cccc(NC(C)c2cccc(-n3cnnn3)c2)c1. The lowest BCUT2D eigenvalue weighted by atomic mass is 10.1. The Morgan fingerprint density at radius 2 is 2.00 bits per heavy atom. The molecule has 3 aromatic rings. The molecule has 0 saturated heterocycles. The fourth-order valence-corrected chi connectivity index (χ4v) is 2.26. The Morgan fingerprint density at radius 3 is 2.77 bits per heavy atom. The summed E-state index contributed by atoms with van der Waals surface area (Å²) in [5.74, 6) is 0.833. The number of ether oxygens (including phenoxy) is 1. The molecule has 2 aromatic carbocycles. The van der Waals surface area contributed by atoms with Crippen LogP contribution in [0.5, 0.6) is 5.75 Å². The van der Waals surface area contributed by atoms with Crippen LogP contribution in [0.4, 0.5) is 5.69 Å². The minimum Gasteiger partial charge on any atom is -0.497 e. The van der Waals surface area contributed by atoms with Gasteiger partial charge in [0, 0.05) is 17.8 Å². The summed E-state index contributed by atoms with van der Waals surface area (Å²) < 4.78 is 6.89. The van der Waals surface area contributed by atoms with Crippen molar-refractivity contribution < 1.29 is 4.74 Å². The van der Waals surface area contributed by atoms with Crippen LogP contribution in [0.1, 0.15) is 18.5 Å². The average Bonchev–Trinajstić information content (AvgIpc) is 3.09. The van der Waals surface area contributed by atoms with E-state index >= 15 is 0 Å². The van der Waals surface area contributed by atoms with Crippen molar-refractivity contribution in [2.24, 2.45) is 0 Å². The Balaban J connectivity index is 1.80. The number of nitrogens with one attached hydrogen (secondary N) is 1. The van der Waals surface area contributed by atoms with Crippen LogP contribution in [0.2, 0.25) is 0 Å². The van der Waals surface area contributed by atoms with Crippen LogP contribution >= 0.6 is 0 Å². The largest absolute Gasteiger partial charge is 0.497 e. The third-order valence-corrected chi connectivity index (χ3v) is 3.44. The summed E-state index contributed by atoms with van der Waals surface area (Å²) in [6.07, 6.45) is 1.58. The molecular formula is C16H17N5O. The molecule has 0 fully saturated rings. The first-order valence-electron chi connectivity index (χ1n) is 7.00. The molecule has 0 spiro atoms. The summed E-state index contributed by atoms with van der Waals surface area (Å²) >= 11 is 0. The monoisotopic (exact) mass is 295 g/mol. The number of nitrogens with zero attached hydrogens (tertiary/aromatic N) is 4. The predicted molar refractivity (Wildman–Crippen MR) is 84.2 cm³/mol. The van der Waals surface area contributed by atoms with Crippen LogP contribution in [0.3, 0.4) is 0 Å². The third kappa shape index (κ3) is 3.06. The predicted octanol–water partition coefficient (Wildman–Crippen LogP) is 2.84. The third-order valence-electron chi connectivity index (χ3n) is 3.44. The summed E-state index contributed by atoms with van der Waals surface area (Å²) in [6, 6.07) is 16.1. The van der Waals surface area contributed by atoms with Crippen LogP contribution in [0.15, 0.2) is 54.9 Å². The number of aromatic nitrogens is 4. The number of rotatable bonds is 5. The van der Waals surface area contributed by atoms with Gasteiger partial charge in [-0.2, -0.15) is 0 Å². The molecule has 6 heteroatoms. The smallest absolute Gasteiger partial charge is 0.143 e. The van der Waals surface area contributed by atoms with Gasteiger partial charge < -0.3 is 10.1 Å². The maximum absolute atomic E-state index is 5.24. The quantitative estimate of drug-likeness (QED) is 0.784. The molecule has 1 N–H and O–H groups in total. The highest BCUT2D eigenvalue weighted by molar-refractivity contribution is 5.50. The summed E-state index contributed by atoms with van der Waals surface area (Å²) in [5.41, 5.74) is 3.09. The first kappa shape index (κ1) is 14.1. The molecule has 1 atom stereocenters. The molecule has 1 heterocycles. The molecule has 6 nitrogen and oxygen atoms in total. The second-order valence-corrected chi connectivity index (χ2v) is 4.95. The first-order chi connectivity index (χ1) is 10.8. The van der Waals surface area contributed by atoms with Crippen molar-refractivity contribution >= 4 is 5.69 Å². The van der Waals surface area contributed by atoms with E-state index in [9.17, 15) is 0 Å². The topological polar surface area (TPSA) is 64.9 Å². The second-order valence-electron chi connectivity index (χ2n) is 4.95. The van der Waals surface area contributed by atoms with E-state index in [-0.39, 0.29) is 6.04 Å². The van der Waals surface area contributed by atoms with Crippen molar-refractivity contribution in [3.8, 4) is 11.4 Å². The van der Waals surface area contributed by atoms with Crippen molar-refractivity contribution in [1.29, 1.82) is 0 Å². The van der Waals surface area contributed by atoms with Crippen LogP contribution in [0, 0.1) is 0 Å². The number of hydrogen-bond donors (Lipinski definition) is 1. The van der Waals surface area contributed by atoms with E-state index in [4.69, 9.17) is 4.74 Å². The fourth-order valence-electron chi connectivity index (χ4n) is 2.26. The van der Waals surface area contributed by atoms with Gasteiger partial charge in [-0.1, -0.05) is 18.2 Å². The summed E-state index contributed by atoms with van der Waals surface area (Å²) in [5, 5.41) is 14.7. The van der Waals surface area contributed by atoms with E-state index in [1.165, 1.54) is 0 Å². The molecule has 0 bridgehead atoms. The Labute approximate surface area is 128 Å². The van der Waals surface area contributed by atoms with Gasteiger partial charge in [-0.3, -0.25) is 0 Å². The maximum atomic E-state index is 5.24. The Hall–Kier alpha value is -2.89. The van der Waals surface area contributed by atoms with Gasteiger partial charge in [0.25, 0.3) is 0 Å². The molecule has 0 amide bonds. The second kappa shape index (κ2) is 6.26. The lowest BCUT2D eigenvalue weighted by Crippen LogP contribution is -2.07. The molecule has 3 rings (SSSR count). The number of methoxy groups -OCH3 is 1. The molecule has 0 aliphatic heterocycles. The van der Waals surface area contributed by atoms with Gasteiger partial charge in [-0.05, 0) is 47.2 Å². The van der Waals surface area contributed by atoms with Crippen molar-refractivity contribution in [3.63, 3.8) is 0 Å². The van der Waals surface area contributed by atoms with Crippen molar-refractivity contribution in [3.05, 3.63) is 60.4 Å². The number of anilines is 1. The van der Waals surface area contributed by atoms with E-state index in [1.807, 2.05) is 36.4 Å². The van der Waals surface area contributed by atoms with E-state index < -0.39 is 0 Å². The molecule has 1 aromatic heterocycles. The average molecular weight is 295 g/mol. The van der Waals surface area contributed by atoms with E-state index in [1.54, 1.807) is 18.1 Å². The van der Waals surface area contributed by atoms with Gasteiger partial charge in [-0.25, -0.2) is 4.68 Å². The summed E-state index contributed by atoms with van der Waals surface area (Å²) in [7, 11) is 1.66. The minimum absolute atomic E-state index is 0.142.